The van der Waals surface area contributed by atoms with Gasteiger partial charge in [0.2, 0.25) is 0 Å². The fourth-order valence-corrected chi connectivity index (χ4v) is 1.65. The van der Waals surface area contributed by atoms with Crippen LogP contribution >= 0.6 is 0 Å². The lowest BCUT2D eigenvalue weighted by Crippen LogP contribution is -2.34. The van der Waals surface area contributed by atoms with E-state index >= 15 is 0 Å². The lowest BCUT2D eigenvalue weighted by molar-refractivity contribution is 0.156. The van der Waals surface area contributed by atoms with Crippen LogP contribution in [0.3, 0.4) is 0 Å². The highest BCUT2D eigenvalue weighted by molar-refractivity contribution is 4.93. The van der Waals surface area contributed by atoms with E-state index in [9.17, 15) is 0 Å². The number of nitrogens with one attached hydrogen (secondary N) is 1. The first-order valence-corrected chi connectivity index (χ1v) is 5.43. The molecule has 1 aliphatic rings. The predicted octanol–water partition coefficient (Wildman–Crippen LogP) is 1.78. The molecule has 1 rings (SSSR count). The Labute approximate surface area is 81.7 Å². The van der Waals surface area contributed by atoms with Crippen molar-refractivity contribution in [3.8, 4) is 0 Å². The minimum absolute atomic E-state index is 0.0410. The molecule has 2 heteroatoms. The molecule has 0 amide bonds. The molecule has 0 spiro atoms. The lowest BCUT2D eigenvalue weighted by Gasteiger charge is -2.22. The van der Waals surface area contributed by atoms with Crippen molar-refractivity contribution in [3.05, 3.63) is 0 Å². The monoisotopic (exact) mass is 185 g/mol. The summed E-state index contributed by atoms with van der Waals surface area (Å²) in [5.74, 6) is 0.916. The molecule has 2 atom stereocenters. The maximum Gasteiger partial charge on any atom is 0.0494 e. The van der Waals surface area contributed by atoms with Crippen molar-refractivity contribution in [2.45, 2.75) is 46.1 Å². The fourth-order valence-electron chi connectivity index (χ4n) is 1.65. The number of hydrogen-bond donors (Lipinski definition) is 2. The van der Waals surface area contributed by atoms with Crippen molar-refractivity contribution < 1.29 is 5.11 Å². The first-order valence-electron chi connectivity index (χ1n) is 5.43. The number of aliphatic hydroxyl groups is 1. The van der Waals surface area contributed by atoms with Gasteiger partial charge in [-0.2, -0.15) is 0 Å². The third-order valence-electron chi connectivity index (χ3n) is 2.85. The quantitative estimate of drug-likeness (QED) is 0.661. The van der Waals surface area contributed by atoms with Gasteiger partial charge in [-0.25, -0.2) is 0 Å². The van der Waals surface area contributed by atoms with Crippen molar-refractivity contribution >= 4 is 0 Å². The van der Waals surface area contributed by atoms with Crippen LogP contribution in [0.4, 0.5) is 0 Å². The van der Waals surface area contributed by atoms with Crippen LogP contribution in [0.5, 0.6) is 0 Å². The second-order valence-electron chi connectivity index (χ2n) is 5.09. The summed E-state index contributed by atoms with van der Waals surface area (Å²) < 4.78 is 0. The molecule has 1 saturated carbocycles. The Kier molecular flexibility index (Phi) is 3.74. The van der Waals surface area contributed by atoms with Gasteiger partial charge in [0.1, 0.15) is 0 Å². The summed E-state index contributed by atoms with van der Waals surface area (Å²) in [5, 5.41) is 12.6. The molecule has 78 valence electrons. The number of rotatable bonds is 6. The normalized spacial score (nSPS) is 27.7. The summed E-state index contributed by atoms with van der Waals surface area (Å²) in [6.07, 6.45) is 4.00. The topological polar surface area (TPSA) is 32.3 Å². The second-order valence-corrected chi connectivity index (χ2v) is 5.09. The van der Waals surface area contributed by atoms with E-state index in [-0.39, 0.29) is 12.0 Å². The zero-order chi connectivity index (χ0) is 9.90. The Morgan fingerprint density at radius 1 is 1.46 bits per heavy atom. The van der Waals surface area contributed by atoms with E-state index in [1.54, 1.807) is 0 Å². The number of aliphatic hydroxyl groups excluding tert-OH is 1. The maximum absolute atomic E-state index is 9.06. The zero-order valence-corrected chi connectivity index (χ0v) is 9.14. The van der Waals surface area contributed by atoms with Gasteiger partial charge < -0.3 is 10.4 Å². The molecule has 2 unspecified atom stereocenters. The molecule has 0 heterocycles. The van der Waals surface area contributed by atoms with Crippen molar-refractivity contribution in [2.24, 2.45) is 11.3 Å². The summed E-state index contributed by atoms with van der Waals surface area (Å²) in [5.41, 5.74) is 0.0410. The summed E-state index contributed by atoms with van der Waals surface area (Å²) in [4.78, 5) is 0. The Bertz CT molecular complexity index is 156. The molecule has 0 radical (unpaired) electrons. The minimum Gasteiger partial charge on any atom is -0.396 e. The smallest absolute Gasteiger partial charge is 0.0494 e. The SMILES string of the molecule is CCCC1CC1NCC(C)(C)CO. The molecule has 13 heavy (non-hydrogen) atoms. The van der Waals surface area contributed by atoms with Gasteiger partial charge in [0.05, 0.1) is 0 Å². The Hall–Kier alpha value is -0.0800. The highest BCUT2D eigenvalue weighted by atomic mass is 16.3. The molecule has 0 aromatic heterocycles. The van der Waals surface area contributed by atoms with Crippen molar-refractivity contribution in [1.82, 2.24) is 5.32 Å². The van der Waals surface area contributed by atoms with E-state index in [1.807, 2.05) is 0 Å². The van der Waals surface area contributed by atoms with Gasteiger partial charge in [-0.1, -0.05) is 27.2 Å². The molecular formula is C11H23NO. The number of hydrogen-bond acceptors (Lipinski definition) is 2. The minimum atomic E-state index is 0.0410. The van der Waals surface area contributed by atoms with Crippen LogP contribution in [0.15, 0.2) is 0 Å². The third kappa shape index (κ3) is 3.65. The second kappa shape index (κ2) is 4.43. The largest absolute Gasteiger partial charge is 0.396 e. The van der Waals surface area contributed by atoms with E-state index in [1.165, 1.54) is 19.3 Å². The van der Waals surface area contributed by atoms with E-state index in [4.69, 9.17) is 5.11 Å². The molecule has 0 aromatic rings. The predicted molar refractivity (Wildman–Crippen MR) is 55.7 cm³/mol. The molecule has 1 fully saturated rings. The molecule has 2 N–H and O–H groups in total. The molecule has 0 aliphatic heterocycles. The highest BCUT2D eigenvalue weighted by Gasteiger charge is 2.36. The Morgan fingerprint density at radius 2 is 2.15 bits per heavy atom. The summed E-state index contributed by atoms with van der Waals surface area (Å²) in [6.45, 7) is 7.64. The summed E-state index contributed by atoms with van der Waals surface area (Å²) in [7, 11) is 0. The molecule has 1 aliphatic carbocycles. The van der Waals surface area contributed by atoms with Gasteiger partial charge in [0, 0.05) is 24.6 Å². The zero-order valence-electron chi connectivity index (χ0n) is 9.14. The molecule has 0 saturated heterocycles. The van der Waals surface area contributed by atoms with Crippen LogP contribution in [0, 0.1) is 11.3 Å². The third-order valence-corrected chi connectivity index (χ3v) is 2.85. The van der Waals surface area contributed by atoms with Crippen LogP contribution < -0.4 is 5.32 Å². The van der Waals surface area contributed by atoms with Gasteiger partial charge in [0.15, 0.2) is 0 Å². The van der Waals surface area contributed by atoms with Crippen LogP contribution in [-0.2, 0) is 0 Å². The first-order chi connectivity index (χ1) is 6.09. The summed E-state index contributed by atoms with van der Waals surface area (Å²) in [6, 6.07) is 0.741. The van der Waals surface area contributed by atoms with Gasteiger partial charge in [-0.3, -0.25) is 0 Å². The van der Waals surface area contributed by atoms with Crippen molar-refractivity contribution in [1.29, 1.82) is 0 Å². The van der Waals surface area contributed by atoms with Crippen LogP contribution in [-0.4, -0.2) is 24.3 Å². The van der Waals surface area contributed by atoms with Gasteiger partial charge in [0.25, 0.3) is 0 Å². The van der Waals surface area contributed by atoms with Crippen LogP contribution in [0.1, 0.15) is 40.0 Å². The summed E-state index contributed by atoms with van der Waals surface area (Å²) >= 11 is 0. The maximum atomic E-state index is 9.06. The highest BCUT2D eigenvalue weighted by Crippen LogP contribution is 2.34. The molecular weight excluding hydrogens is 162 g/mol. The average molecular weight is 185 g/mol. The van der Waals surface area contributed by atoms with Crippen LogP contribution in [0.25, 0.3) is 0 Å². The molecule has 0 bridgehead atoms. The fraction of sp³-hybridized carbons (Fsp3) is 1.00. The van der Waals surface area contributed by atoms with Gasteiger partial charge >= 0.3 is 0 Å². The van der Waals surface area contributed by atoms with Crippen molar-refractivity contribution in [2.75, 3.05) is 13.2 Å². The van der Waals surface area contributed by atoms with E-state index in [2.05, 4.69) is 26.1 Å². The standard InChI is InChI=1S/C11H23NO/c1-4-5-9-6-10(9)12-7-11(2,3)8-13/h9-10,12-13H,4-8H2,1-3H3. The Balaban J connectivity index is 2.08. The molecule has 2 nitrogen and oxygen atoms in total. The average Bonchev–Trinajstić information content (AvgIpc) is 2.82. The van der Waals surface area contributed by atoms with E-state index < -0.39 is 0 Å². The molecule has 0 aromatic carbocycles. The van der Waals surface area contributed by atoms with Gasteiger partial charge in [-0.05, 0) is 18.8 Å². The first kappa shape index (κ1) is 11.0. The lowest BCUT2D eigenvalue weighted by atomic mass is 9.95. The van der Waals surface area contributed by atoms with Crippen molar-refractivity contribution in [3.63, 3.8) is 0 Å². The van der Waals surface area contributed by atoms with E-state index in [0.29, 0.717) is 0 Å². The van der Waals surface area contributed by atoms with Crippen LogP contribution in [0.2, 0.25) is 0 Å². The van der Waals surface area contributed by atoms with E-state index in [0.717, 1.165) is 18.5 Å². The Morgan fingerprint density at radius 3 is 2.69 bits per heavy atom. The van der Waals surface area contributed by atoms with Gasteiger partial charge in [-0.15, -0.1) is 0 Å².